The average Bonchev–Trinajstić information content (AvgIpc) is 3.10. The van der Waals surface area contributed by atoms with Crippen LogP contribution in [0.25, 0.3) is 0 Å². The summed E-state index contributed by atoms with van der Waals surface area (Å²) in [6.45, 7) is 4.58. The summed E-state index contributed by atoms with van der Waals surface area (Å²) in [5, 5.41) is 5.26. The van der Waals surface area contributed by atoms with Gasteiger partial charge in [0, 0.05) is 28.2 Å². The van der Waals surface area contributed by atoms with Crippen molar-refractivity contribution in [1.82, 2.24) is 10.2 Å². The predicted molar refractivity (Wildman–Crippen MR) is 85.6 cm³/mol. The van der Waals surface area contributed by atoms with E-state index in [9.17, 15) is 0 Å². The number of hydrogen-bond acceptors (Lipinski definition) is 2. The smallest absolute Gasteiger partial charge is 0.0454 e. The summed E-state index contributed by atoms with van der Waals surface area (Å²) in [6, 6.07) is 7.41. The predicted octanol–water partition coefficient (Wildman–Crippen LogP) is 4.27. The lowest BCUT2D eigenvalue weighted by Crippen LogP contribution is -2.44. The molecule has 3 unspecified atom stereocenters. The average molecular weight is 313 g/mol. The summed E-state index contributed by atoms with van der Waals surface area (Å²) in [4.78, 5) is 2.61. The van der Waals surface area contributed by atoms with E-state index in [4.69, 9.17) is 23.2 Å². The number of nitrogens with one attached hydrogen (secondary N) is 1. The van der Waals surface area contributed by atoms with Crippen molar-refractivity contribution in [1.29, 1.82) is 0 Å². The monoisotopic (exact) mass is 312 g/mol. The first-order chi connectivity index (χ1) is 9.66. The lowest BCUT2D eigenvalue weighted by atomic mass is 10.0. The fourth-order valence-electron chi connectivity index (χ4n) is 3.78. The molecule has 4 heteroatoms. The highest BCUT2D eigenvalue weighted by molar-refractivity contribution is 6.33. The molecule has 0 aromatic heterocycles. The molecular formula is C16H22Cl2N2. The van der Waals surface area contributed by atoms with Crippen molar-refractivity contribution in [2.45, 2.75) is 50.7 Å². The molecule has 20 heavy (non-hydrogen) atoms. The molecular weight excluding hydrogens is 291 g/mol. The number of likely N-dealkylation sites (tertiary alicyclic amines) is 1. The zero-order chi connectivity index (χ0) is 14.1. The molecule has 2 aliphatic rings. The minimum absolute atomic E-state index is 0.330. The summed E-state index contributed by atoms with van der Waals surface area (Å²) < 4.78 is 0. The second kappa shape index (κ2) is 6.23. The molecule has 110 valence electrons. The van der Waals surface area contributed by atoms with Gasteiger partial charge in [-0.05, 0) is 69.5 Å². The highest BCUT2D eigenvalue weighted by Gasteiger charge is 2.36. The van der Waals surface area contributed by atoms with Gasteiger partial charge in [-0.25, -0.2) is 0 Å². The highest BCUT2D eigenvalue weighted by atomic mass is 35.5. The van der Waals surface area contributed by atoms with Crippen LogP contribution in [0.1, 0.15) is 44.2 Å². The standard InChI is InChI=1S/C16H22Cl2N2/c1-11(13-10-12(17)6-7-14(13)18)20-9-3-5-16(20)15-4-2-8-19-15/h6-7,10-11,15-16,19H,2-5,8-9H2,1H3. The van der Waals surface area contributed by atoms with E-state index < -0.39 is 0 Å². The third kappa shape index (κ3) is 2.85. The van der Waals surface area contributed by atoms with E-state index in [-0.39, 0.29) is 0 Å². The van der Waals surface area contributed by atoms with E-state index >= 15 is 0 Å². The van der Waals surface area contributed by atoms with Crippen LogP contribution in [-0.2, 0) is 0 Å². The zero-order valence-corrected chi connectivity index (χ0v) is 13.4. The minimum atomic E-state index is 0.330. The van der Waals surface area contributed by atoms with Crippen LogP contribution in [0.15, 0.2) is 18.2 Å². The van der Waals surface area contributed by atoms with Gasteiger partial charge in [-0.3, -0.25) is 4.90 Å². The molecule has 2 saturated heterocycles. The van der Waals surface area contributed by atoms with Crippen molar-refractivity contribution in [3.05, 3.63) is 33.8 Å². The van der Waals surface area contributed by atoms with Gasteiger partial charge in [0.1, 0.15) is 0 Å². The van der Waals surface area contributed by atoms with Gasteiger partial charge in [0.05, 0.1) is 0 Å². The molecule has 2 aliphatic heterocycles. The molecule has 2 heterocycles. The van der Waals surface area contributed by atoms with Crippen LogP contribution in [0.2, 0.25) is 10.0 Å². The van der Waals surface area contributed by atoms with Crippen molar-refractivity contribution in [2.75, 3.05) is 13.1 Å². The molecule has 1 aromatic rings. The lowest BCUT2D eigenvalue weighted by molar-refractivity contribution is 0.163. The maximum absolute atomic E-state index is 6.38. The number of hydrogen-bond donors (Lipinski definition) is 1. The quantitative estimate of drug-likeness (QED) is 0.896. The van der Waals surface area contributed by atoms with Crippen molar-refractivity contribution >= 4 is 23.2 Å². The van der Waals surface area contributed by atoms with Gasteiger partial charge in [-0.1, -0.05) is 23.2 Å². The Morgan fingerprint density at radius 1 is 1.25 bits per heavy atom. The molecule has 2 fully saturated rings. The van der Waals surface area contributed by atoms with Crippen molar-refractivity contribution in [2.24, 2.45) is 0 Å². The SMILES string of the molecule is CC(c1cc(Cl)ccc1Cl)N1CCCC1C1CCCN1. The summed E-state index contributed by atoms with van der Waals surface area (Å²) in [5.74, 6) is 0. The van der Waals surface area contributed by atoms with E-state index in [1.165, 1.54) is 32.2 Å². The van der Waals surface area contributed by atoms with Gasteiger partial charge in [-0.2, -0.15) is 0 Å². The Hall–Kier alpha value is -0.280. The fourth-order valence-corrected chi connectivity index (χ4v) is 4.24. The summed E-state index contributed by atoms with van der Waals surface area (Å²) in [7, 11) is 0. The second-order valence-corrected chi connectivity index (χ2v) is 6.84. The van der Waals surface area contributed by atoms with Crippen LogP contribution >= 0.6 is 23.2 Å². The second-order valence-electron chi connectivity index (χ2n) is 5.99. The maximum atomic E-state index is 6.38. The van der Waals surface area contributed by atoms with Gasteiger partial charge < -0.3 is 5.32 Å². The van der Waals surface area contributed by atoms with Crippen molar-refractivity contribution in [3.8, 4) is 0 Å². The van der Waals surface area contributed by atoms with Crippen LogP contribution in [-0.4, -0.2) is 30.1 Å². The molecule has 0 amide bonds. The molecule has 1 N–H and O–H groups in total. The summed E-state index contributed by atoms with van der Waals surface area (Å²) in [6.07, 6.45) is 5.18. The normalized spacial score (nSPS) is 28.9. The summed E-state index contributed by atoms with van der Waals surface area (Å²) in [5.41, 5.74) is 1.16. The highest BCUT2D eigenvalue weighted by Crippen LogP contribution is 2.36. The van der Waals surface area contributed by atoms with Gasteiger partial charge in [0.2, 0.25) is 0 Å². The van der Waals surface area contributed by atoms with Crippen LogP contribution in [0.5, 0.6) is 0 Å². The van der Waals surface area contributed by atoms with E-state index in [2.05, 4.69) is 17.1 Å². The lowest BCUT2D eigenvalue weighted by Gasteiger charge is -2.35. The first-order valence-electron chi connectivity index (χ1n) is 7.61. The van der Waals surface area contributed by atoms with Crippen LogP contribution < -0.4 is 5.32 Å². The first kappa shape index (κ1) is 14.6. The topological polar surface area (TPSA) is 15.3 Å². The van der Waals surface area contributed by atoms with Crippen LogP contribution in [0.4, 0.5) is 0 Å². The van der Waals surface area contributed by atoms with E-state index in [0.29, 0.717) is 18.1 Å². The number of rotatable bonds is 3. The molecule has 0 saturated carbocycles. The van der Waals surface area contributed by atoms with Crippen LogP contribution in [0, 0.1) is 0 Å². The molecule has 0 bridgehead atoms. The molecule has 3 atom stereocenters. The Kier molecular flexibility index (Phi) is 4.56. The fraction of sp³-hybridized carbons (Fsp3) is 0.625. The Balaban J connectivity index is 1.81. The molecule has 0 spiro atoms. The number of benzene rings is 1. The minimum Gasteiger partial charge on any atom is -0.312 e. The Labute approximate surface area is 131 Å². The number of halogens is 2. The van der Waals surface area contributed by atoms with E-state index in [1.807, 2.05) is 18.2 Å². The summed E-state index contributed by atoms with van der Waals surface area (Å²) >= 11 is 12.5. The largest absolute Gasteiger partial charge is 0.312 e. The Bertz CT molecular complexity index is 472. The van der Waals surface area contributed by atoms with Gasteiger partial charge in [0.25, 0.3) is 0 Å². The number of nitrogens with zero attached hydrogens (tertiary/aromatic N) is 1. The zero-order valence-electron chi connectivity index (χ0n) is 11.9. The van der Waals surface area contributed by atoms with Crippen LogP contribution in [0.3, 0.4) is 0 Å². The third-order valence-corrected chi connectivity index (χ3v) is 5.39. The van der Waals surface area contributed by atoms with E-state index in [1.54, 1.807) is 0 Å². The van der Waals surface area contributed by atoms with Crippen molar-refractivity contribution in [3.63, 3.8) is 0 Å². The van der Waals surface area contributed by atoms with Crippen molar-refractivity contribution < 1.29 is 0 Å². The molecule has 0 aliphatic carbocycles. The third-order valence-electron chi connectivity index (χ3n) is 4.81. The van der Waals surface area contributed by atoms with Gasteiger partial charge >= 0.3 is 0 Å². The first-order valence-corrected chi connectivity index (χ1v) is 8.36. The van der Waals surface area contributed by atoms with Gasteiger partial charge in [-0.15, -0.1) is 0 Å². The maximum Gasteiger partial charge on any atom is 0.0454 e. The Morgan fingerprint density at radius 2 is 2.10 bits per heavy atom. The van der Waals surface area contributed by atoms with Gasteiger partial charge in [0.15, 0.2) is 0 Å². The molecule has 3 rings (SSSR count). The molecule has 0 radical (unpaired) electrons. The molecule has 2 nitrogen and oxygen atoms in total. The molecule has 1 aromatic carbocycles. The van der Waals surface area contributed by atoms with E-state index in [0.717, 1.165) is 22.2 Å². The Morgan fingerprint density at radius 3 is 2.85 bits per heavy atom.